The summed E-state index contributed by atoms with van der Waals surface area (Å²) in [4.78, 5) is 11.6. The van der Waals surface area contributed by atoms with E-state index in [0.29, 0.717) is 25.4 Å². The van der Waals surface area contributed by atoms with Crippen LogP contribution in [-0.2, 0) is 14.6 Å². The second-order valence-electron chi connectivity index (χ2n) is 4.90. The molecule has 0 aliphatic heterocycles. The van der Waals surface area contributed by atoms with Crippen LogP contribution in [0.15, 0.2) is 0 Å². The molecule has 5 nitrogen and oxygen atoms in total. The predicted octanol–water partition coefficient (Wildman–Crippen LogP) is 0.562. The monoisotopic (exact) mass is 278 g/mol. The standard InChI is InChI=1S/C12H26N2O3S/c1-5-18(16,17)8-6-7-13-11(4)12(15)14-9-10(2)3/h10-11,13H,5-9H2,1-4H3,(H,14,15). The van der Waals surface area contributed by atoms with Crippen molar-refractivity contribution in [2.75, 3.05) is 24.6 Å². The Kier molecular flexibility index (Phi) is 8.18. The van der Waals surface area contributed by atoms with Crippen LogP contribution >= 0.6 is 0 Å². The highest BCUT2D eigenvalue weighted by Crippen LogP contribution is 1.93. The zero-order chi connectivity index (χ0) is 14.2. The summed E-state index contributed by atoms with van der Waals surface area (Å²) in [6.45, 7) is 8.70. The molecule has 1 amide bonds. The van der Waals surface area contributed by atoms with Crippen molar-refractivity contribution in [3.8, 4) is 0 Å². The Bertz CT molecular complexity index is 339. The molecule has 1 unspecified atom stereocenters. The van der Waals surface area contributed by atoms with Crippen molar-refractivity contribution in [1.29, 1.82) is 0 Å². The van der Waals surface area contributed by atoms with E-state index in [-0.39, 0.29) is 23.5 Å². The van der Waals surface area contributed by atoms with E-state index in [1.807, 2.05) is 13.8 Å². The maximum Gasteiger partial charge on any atom is 0.236 e. The maximum absolute atomic E-state index is 11.6. The van der Waals surface area contributed by atoms with E-state index in [4.69, 9.17) is 0 Å². The highest BCUT2D eigenvalue weighted by atomic mass is 32.2. The van der Waals surface area contributed by atoms with Crippen LogP contribution in [0.2, 0.25) is 0 Å². The number of carbonyl (C=O) groups is 1. The van der Waals surface area contributed by atoms with Crippen molar-refractivity contribution < 1.29 is 13.2 Å². The summed E-state index contributed by atoms with van der Waals surface area (Å²) in [5, 5.41) is 5.86. The first-order valence-corrected chi connectivity index (χ1v) is 8.32. The van der Waals surface area contributed by atoms with Gasteiger partial charge in [0.05, 0.1) is 11.8 Å². The predicted molar refractivity (Wildman–Crippen MR) is 74.3 cm³/mol. The normalized spacial score (nSPS) is 13.6. The Morgan fingerprint density at radius 2 is 1.83 bits per heavy atom. The van der Waals surface area contributed by atoms with Crippen molar-refractivity contribution in [2.24, 2.45) is 5.92 Å². The summed E-state index contributed by atoms with van der Waals surface area (Å²) >= 11 is 0. The van der Waals surface area contributed by atoms with Gasteiger partial charge in [0.15, 0.2) is 0 Å². The lowest BCUT2D eigenvalue weighted by Gasteiger charge is -2.15. The van der Waals surface area contributed by atoms with Gasteiger partial charge < -0.3 is 10.6 Å². The third-order valence-corrected chi connectivity index (χ3v) is 4.39. The number of hydrogen-bond donors (Lipinski definition) is 2. The molecule has 0 bridgehead atoms. The summed E-state index contributed by atoms with van der Waals surface area (Å²) in [6, 6.07) is -0.284. The Labute approximate surface area is 111 Å². The highest BCUT2D eigenvalue weighted by Gasteiger charge is 2.12. The molecule has 0 rings (SSSR count). The van der Waals surface area contributed by atoms with E-state index in [0.717, 1.165) is 0 Å². The van der Waals surface area contributed by atoms with Gasteiger partial charge in [-0.05, 0) is 25.8 Å². The van der Waals surface area contributed by atoms with Gasteiger partial charge in [-0.3, -0.25) is 4.79 Å². The molecule has 0 aliphatic carbocycles. The Balaban J connectivity index is 3.77. The van der Waals surface area contributed by atoms with Gasteiger partial charge in [0.1, 0.15) is 9.84 Å². The van der Waals surface area contributed by atoms with Crippen molar-refractivity contribution in [3.63, 3.8) is 0 Å². The lowest BCUT2D eigenvalue weighted by atomic mass is 10.2. The second kappa shape index (κ2) is 8.48. The third-order valence-electron chi connectivity index (χ3n) is 2.60. The molecule has 108 valence electrons. The fourth-order valence-electron chi connectivity index (χ4n) is 1.31. The maximum atomic E-state index is 11.6. The van der Waals surface area contributed by atoms with Crippen molar-refractivity contribution in [1.82, 2.24) is 10.6 Å². The summed E-state index contributed by atoms with van der Waals surface area (Å²) in [7, 11) is -2.90. The van der Waals surface area contributed by atoms with Crippen LogP contribution in [0.3, 0.4) is 0 Å². The van der Waals surface area contributed by atoms with Crippen LogP contribution < -0.4 is 10.6 Å². The lowest BCUT2D eigenvalue weighted by Crippen LogP contribution is -2.43. The molecule has 1 atom stereocenters. The van der Waals surface area contributed by atoms with Gasteiger partial charge in [-0.1, -0.05) is 20.8 Å². The number of carbonyl (C=O) groups excluding carboxylic acids is 1. The molecule has 0 aliphatic rings. The van der Waals surface area contributed by atoms with E-state index in [9.17, 15) is 13.2 Å². The molecular weight excluding hydrogens is 252 g/mol. The number of hydrogen-bond acceptors (Lipinski definition) is 4. The van der Waals surface area contributed by atoms with Gasteiger partial charge in [-0.25, -0.2) is 8.42 Å². The zero-order valence-electron chi connectivity index (χ0n) is 11.8. The number of sulfone groups is 1. The second-order valence-corrected chi connectivity index (χ2v) is 7.38. The van der Waals surface area contributed by atoms with E-state index >= 15 is 0 Å². The Morgan fingerprint density at radius 1 is 1.22 bits per heavy atom. The SMILES string of the molecule is CCS(=O)(=O)CCCNC(C)C(=O)NCC(C)C. The number of rotatable bonds is 9. The molecule has 0 spiro atoms. The van der Waals surface area contributed by atoms with Gasteiger partial charge in [0, 0.05) is 12.3 Å². The molecular formula is C12H26N2O3S. The minimum atomic E-state index is -2.90. The number of nitrogens with one attached hydrogen (secondary N) is 2. The Hall–Kier alpha value is -0.620. The van der Waals surface area contributed by atoms with Crippen LogP contribution in [-0.4, -0.2) is 45.0 Å². The molecule has 0 radical (unpaired) electrons. The van der Waals surface area contributed by atoms with Crippen molar-refractivity contribution in [2.45, 2.75) is 40.2 Å². The molecule has 18 heavy (non-hydrogen) atoms. The molecule has 0 aromatic carbocycles. The minimum absolute atomic E-state index is 0.0398. The molecule has 0 saturated carbocycles. The van der Waals surface area contributed by atoms with Crippen LogP contribution in [0.4, 0.5) is 0 Å². The Morgan fingerprint density at radius 3 is 2.33 bits per heavy atom. The van der Waals surface area contributed by atoms with Crippen LogP contribution in [0.5, 0.6) is 0 Å². The average molecular weight is 278 g/mol. The van der Waals surface area contributed by atoms with Crippen LogP contribution in [0, 0.1) is 5.92 Å². The largest absolute Gasteiger partial charge is 0.354 e. The van der Waals surface area contributed by atoms with Crippen LogP contribution in [0.1, 0.15) is 34.1 Å². The molecule has 0 heterocycles. The van der Waals surface area contributed by atoms with Gasteiger partial charge in [-0.2, -0.15) is 0 Å². The summed E-state index contributed by atoms with van der Waals surface area (Å²) < 4.78 is 22.5. The average Bonchev–Trinajstić information content (AvgIpc) is 2.31. The van der Waals surface area contributed by atoms with Crippen LogP contribution in [0.25, 0.3) is 0 Å². The third kappa shape index (κ3) is 8.47. The van der Waals surface area contributed by atoms with E-state index in [1.54, 1.807) is 13.8 Å². The first kappa shape index (κ1) is 17.4. The molecule has 2 N–H and O–H groups in total. The van der Waals surface area contributed by atoms with Gasteiger partial charge in [0.25, 0.3) is 0 Å². The zero-order valence-corrected chi connectivity index (χ0v) is 12.6. The summed E-state index contributed by atoms with van der Waals surface area (Å²) in [5.74, 6) is 0.742. The summed E-state index contributed by atoms with van der Waals surface area (Å²) in [6.07, 6.45) is 0.540. The van der Waals surface area contributed by atoms with E-state index in [2.05, 4.69) is 10.6 Å². The van der Waals surface area contributed by atoms with Gasteiger partial charge in [0.2, 0.25) is 5.91 Å². The first-order chi connectivity index (χ1) is 8.28. The molecule has 0 fully saturated rings. The quantitative estimate of drug-likeness (QED) is 0.604. The molecule has 6 heteroatoms. The fraction of sp³-hybridized carbons (Fsp3) is 0.917. The van der Waals surface area contributed by atoms with Crippen molar-refractivity contribution in [3.05, 3.63) is 0 Å². The molecule has 0 aromatic heterocycles. The summed E-state index contributed by atoms with van der Waals surface area (Å²) in [5.41, 5.74) is 0. The van der Waals surface area contributed by atoms with E-state index in [1.165, 1.54) is 0 Å². The van der Waals surface area contributed by atoms with Gasteiger partial charge in [-0.15, -0.1) is 0 Å². The smallest absolute Gasteiger partial charge is 0.236 e. The fourth-order valence-corrected chi connectivity index (χ4v) is 2.18. The van der Waals surface area contributed by atoms with Crippen molar-refractivity contribution >= 4 is 15.7 Å². The minimum Gasteiger partial charge on any atom is -0.354 e. The number of amides is 1. The molecule has 0 aromatic rings. The topological polar surface area (TPSA) is 75.3 Å². The van der Waals surface area contributed by atoms with Gasteiger partial charge >= 0.3 is 0 Å². The first-order valence-electron chi connectivity index (χ1n) is 6.50. The highest BCUT2D eigenvalue weighted by molar-refractivity contribution is 7.91. The van der Waals surface area contributed by atoms with E-state index < -0.39 is 9.84 Å². The lowest BCUT2D eigenvalue weighted by molar-refractivity contribution is -0.122. The molecule has 0 saturated heterocycles.